The van der Waals surface area contributed by atoms with E-state index < -0.39 is 0 Å². The van der Waals surface area contributed by atoms with Gasteiger partial charge < -0.3 is 14.7 Å². The first kappa shape index (κ1) is 14.5. The van der Waals surface area contributed by atoms with Crippen molar-refractivity contribution in [2.24, 2.45) is 0 Å². The van der Waals surface area contributed by atoms with Crippen LogP contribution in [0.1, 0.15) is 5.69 Å². The summed E-state index contributed by atoms with van der Waals surface area (Å²) in [7, 11) is 3.93. The monoisotopic (exact) mass is 299 g/mol. The van der Waals surface area contributed by atoms with Gasteiger partial charge in [-0.3, -0.25) is 4.98 Å². The van der Waals surface area contributed by atoms with Crippen molar-refractivity contribution in [2.45, 2.75) is 6.92 Å². The van der Waals surface area contributed by atoms with Crippen LogP contribution in [0.2, 0.25) is 0 Å². The molecule has 0 aliphatic carbocycles. The van der Waals surface area contributed by atoms with Crippen LogP contribution in [0, 0.1) is 6.92 Å². The second-order valence-corrected chi connectivity index (χ2v) is 5.60. The molecule has 0 radical (unpaired) electrons. The number of hydrogen-bond donors (Lipinski definition) is 0. The zero-order valence-corrected chi connectivity index (χ0v) is 13.3. The minimum Gasteiger partial charge on any atom is -0.353 e. The highest BCUT2D eigenvalue weighted by atomic mass is 15.3. The Morgan fingerprint density at radius 3 is 2.23 bits per heavy atom. The average Bonchev–Trinajstić information content (AvgIpc) is 2.55. The van der Waals surface area contributed by atoms with E-state index in [0.29, 0.717) is 0 Å². The van der Waals surface area contributed by atoms with Gasteiger partial charge in [-0.15, -0.1) is 0 Å². The second kappa shape index (κ2) is 6.13. The zero-order chi connectivity index (χ0) is 15.5. The molecule has 0 bridgehead atoms. The molecule has 116 valence electrons. The maximum atomic E-state index is 4.65. The fourth-order valence-electron chi connectivity index (χ4n) is 2.52. The van der Waals surface area contributed by atoms with Gasteiger partial charge in [0.25, 0.3) is 0 Å². The summed E-state index contributed by atoms with van der Waals surface area (Å²) in [5.74, 6) is 2.69. The van der Waals surface area contributed by atoms with E-state index in [4.69, 9.17) is 0 Å². The second-order valence-electron chi connectivity index (χ2n) is 5.60. The maximum Gasteiger partial charge on any atom is 0.226 e. The van der Waals surface area contributed by atoms with Gasteiger partial charge in [-0.25, -0.2) is 9.97 Å². The highest BCUT2D eigenvalue weighted by Crippen LogP contribution is 2.19. The topological polar surface area (TPSA) is 61.3 Å². The van der Waals surface area contributed by atoms with Gasteiger partial charge in [0.15, 0.2) is 0 Å². The Morgan fingerprint density at radius 2 is 1.64 bits per heavy atom. The van der Waals surface area contributed by atoms with Crippen molar-refractivity contribution >= 4 is 17.6 Å². The van der Waals surface area contributed by atoms with Crippen LogP contribution >= 0.6 is 0 Å². The smallest absolute Gasteiger partial charge is 0.226 e. The molecule has 3 heterocycles. The number of aryl methyl sites for hydroxylation is 1. The van der Waals surface area contributed by atoms with E-state index >= 15 is 0 Å². The highest BCUT2D eigenvalue weighted by Gasteiger charge is 2.20. The van der Waals surface area contributed by atoms with Gasteiger partial charge in [0.2, 0.25) is 5.95 Å². The Balaban J connectivity index is 1.71. The van der Waals surface area contributed by atoms with Crippen LogP contribution in [0.5, 0.6) is 0 Å². The molecular formula is C15H21N7. The van der Waals surface area contributed by atoms with Crippen LogP contribution < -0.4 is 14.7 Å². The summed E-state index contributed by atoms with van der Waals surface area (Å²) in [5, 5.41) is 0. The van der Waals surface area contributed by atoms with Crippen molar-refractivity contribution in [3.8, 4) is 0 Å². The summed E-state index contributed by atoms with van der Waals surface area (Å²) in [5.41, 5.74) is 0.991. The Bertz CT molecular complexity index is 621. The van der Waals surface area contributed by atoms with E-state index in [0.717, 1.165) is 49.5 Å². The summed E-state index contributed by atoms with van der Waals surface area (Å²) in [6.07, 6.45) is 5.25. The normalized spacial score (nSPS) is 15.0. The fraction of sp³-hybridized carbons (Fsp3) is 0.467. The van der Waals surface area contributed by atoms with Crippen molar-refractivity contribution in [3.05, 3.63) is 30.4 Å². The molecule has 2 aromatic heterocycles. The van der Waals surface area contributed by atoms with E-state index in [1.807, 2.05) is 38.2 Å². The maximum absolute atomic E-state index is 4.65. The molecule has 0 aromatic carbocycles. The summed E-state index contributed by atoms with van der Waals surface area (Å²) in [6, 6.07) is 2.05. The number of piperazine rings is 1. The van der Waals surface area contributed by atoms with Crippen LogP contribution in [0.4, 0.5) is 17.6 Å². The third-order valence-electron chi connectivity index (χ3n) is 3.71. The molecule has 1 aliphatic rings. The molecule has 0 saturated carbocycles. The molecule has 1 aliphatic heterocycles. The van der Waals surface area contributed by atoms with Gasteiger partial charge in [0, 0.05) is 64.4 Å². The lowest BCUT2D eigenvalue weighted by Gasteiger charge is -2.36. The predicted octanol–water partition coefficient (Wildman–Crippen LogP) is 0.968. The van der Waals surface area contributed by atoms with Crippen LogP contribution in [0.3, 0.4) is 0 Å². The lowest BCUT2D eigenvalue weighted by Crippen LogP contribution is -2.47. The first-order valence-corrected chi connectivity index (χ1v) is 7.42. The number of hydrogen-bond acceptors (Lipinski definition) is 7. The van der Waals surface area contributed by atoms with Gasteiger partial charge in [-0.2, -0.15) is 4.98 Å². The van der Waals surface area contributed by atoms with Crippen molar-refractivity contribution in [1.82, 2.24) is 19.9 Å². The number of aromatic nitrogens is 4. The molecule has 1 fully saturated rings. The molecule has 22 heavy (non-hydrogen) atoms. The molecule has 0 spiro atoms. The lowest BCUT2D eigenvalue weighted by atomic mass is 10.3. The summed E-state index contributed by atoms with van der Waals surface area (Å²) >= 11 is 0. The van der Waals surface area contributed by atoms with Gasteiger partial charge in [0.1, 0.15) is 11.6 Å². The summed E-state index contributed by atoms with van der Waals surface area (Å²) in [4.78, 5) is 24.1. The first-order valence-electron chi connectivity index (χ1n) is 7.42. The van der Waals surface area contributed by atoms with E-state index in [1.165, 1.54) is 0 Å². The molecule has 7 nitrogen and oxygen atoms in total. The highest BCUT2D eigenvalue weighted by molar-refractivity contribution is 5.47. The summed E-state index contributed by atoms with van der Waals surface area (Å²) in [6.45, 7) is 5.67. The Morgan fingerprint density at radius 1 is 0.955 bits per heavy atom. The molecular weight excluding hydrogens is 278 g/mol. The van der Waals surface area contributed by atoms with Crippen molar-refractivity contribution in [3.63, 3.8) is 0 Å². The van der Waals surface area contributed by atoms with Gasteiger partial charge in [-0.1, -0.05) is 0 Å². The fourth-order valence-corrected chi connectivity index (χ4v) is 2.52. The number of rotatable bonds is 3. The number of anilines is 3. The van der Waals surface area contributed by atoms with E-state index in [-0.39, 0.29) is 0 Å². The van der Waals surface area contributed by atoms with Crippen LogP contribution in [-0.2, 0) is 0 Å². The molecule has 2 aromatic rings. The van der Waals surface area contributed by atoms with Crippen LogP contribution in [0.15, 0.2) is 24.7 Å². The van der Waals surface area contributed by atoms with Gasteiger partial charge in [0.05, 0.1) is 6.20 Å². The van der Waals surface area contributed by atoms with Crippen molar-refractivity contribution < 1.29 is 0 Å². The molecule has 0 atom stereocenters. The molecule has 0 unspecified atom stereocenters. The molecule has 3 rings (SSSR count). The molecule has 7 heteroatoms. The largest absolute Gasteiger partial charge is 0.353 e. The van der Waals surface area contributed by atoms with Gasteiger partial charge in [-0.05, 0) is 6.92 Å². The van der Waals surface area contributed by atoms with Gasteiger partial charge >= 0.3 is 0 Å². The molecule has 0 amide bonds. The molecule has 1 saturated heterocycles. The Hall–Kier alpha value is -2.44. The Kier molecular flexibility index (Phi) is 4.04. The standard InChI is InChI=1S/C15H21N7/c1-12-10-13(19-15(18-12)20(2)3)21-6-8-22(9-7-21)14-11-16-4-5-17-14/h4-5,10-11H,6-9H2,1-3H3. The van der Waals surface area contributed by atoms with E-state index in [1.54, 1.807) is 12.4 Å². The van der Waals surface area contributed by atoms with Crippen LogP contribution in [-0.4, -0.2) is 60.2 Å². The first-order chi connectivity index (χ1) is 10.6. The SMILES string of the molecule is Cc1cc(N2CCN(c3cnccn3)CC2)nc(N(C)C)n1. The third kappa shape index (κ3) is 3.08. The lowest BCUT2D eigenvalue weighted by molar-refractivity contribution is 0.639. The number of nitrogens with zero attached hydrogens (tertiary/aromatic N) is 7. The molecule has 0 N–H and O–H groups in total. The quantitative estimate of drug-likeness (QED) is 0.836. The Labute approximate surface area is 130 Å². The third-order valence-corrected chi connectivity index (χ3v) is 3.71. The average molecular weight is 299 g/mol. The van der Waals surface area contributed by atoms with E-state index in [9.17, 15) is 0 Å². The van der Waals surface area contributed by atoms with E-state index in [2.05, 4.69) is 29.7 Å². The van der Waals surface area contributed by atoms with Crippen molar-refractivity contribution in [2.75, 3.05) is 55.0 Å². The van der Waals surface area contributed by atoms with Crippen LogP contribution in [0.25, 0.3) is 0 Å². The predicted molar refractivity (Wildman–Crippen MR) is 87.6 cm³/mol. The van der Waals surface area contributed by atoms with Crippen molar-refractivity contribution in [1.29, 1.82) is 0 Å². The summed E-state index contributed by atoms with van der Waals surface area (Å²) < 4.78 is 0. The zero-order valence-electron chi connectivity index (χ0n) is 13.3. The minimum atomic E-state index is 0.756. The minimum absolute atomic E-state index is 0.756.